The number of hydrogen-bond acceptors (Lipinski definition) is 12. The number of carbonyl (C=O) groups excluding carboxylic acids is 2. The highest BCUT2D eigenvalue weighted by atomic mass is 19.1. The van der Waals surface area contributed by atoms with E-state index in [0.29, 0.717) is 73.1 Å². The Hall–Kier alpha value is -3.99. The smallest absolute Gasteiger partial charge is 0.340 e. The average molecular weight is 701 g/mol. The predicted molar refractivity (Wildman–Crippen MR) is 179 cm³/mol. The summed E-state index contributed by atoms with van der Waals surface area (Å²) < 4.78 is 48.7. The summed E-state index contributed by atoms with van der Waals surface area (Å²) in [5.74, 6) is -1.65. The van der Waals surface area contributed by atoms with Gasteiger partial charge in [0, 0.05) is 62.0 Å². The molecule has 0 bridgehead atoms. The molecule has 3 aromatic rings. The number of nitrogens with one attached hydrogen (secondary N) is 1. The van der Waals surface area contributed by atoms with Crippen LogP contribution in [0, 0.1) is 5.82 Å². The molecule has 272 valence electrons. The second-order valence-electron chi connectivity index (χ2n) is 12.3. The predicted octanol–water partition coefficient (Wildman–Crippen LogP) is 2.08. The fraction of sp³-hybridized carbons (Fsp3) is 0.543. The van der Waals surface area contributed by atoms with Crippen LogP contribution in [0.2, 0.25) is 0 Å². The van der Waals surface area contributed by atoms with E-state index in [9.17, 15) is 19.5 Å². The van der Waals surface area contributed by atoms with Crippen molar-refractivity contribution >= 4 is 22.8 Å². The van der Waals surface area contributed by atoms with Gasteiger partial charge in [0.1, 0.15) is 6.61 Å². The number of aromatic nitrogens is 2. The molecule has 14 nitrogen and oxygen atoms in total. The Kier molecular flexibility index (Phi) is 12.9. The molecule has 1 aromatic carbocycles. The van der Waals surface area contributed by atoms with E-state index in [1.807, 2.05) is 13.8 Å². The maximum atomic E-state index is 15.0. The van der Waals surface area contributed by atoms with Gasteiger partial charge in [-0.05, 0) is 24.1 Å². The number of halogens is 1. The minimum Gasteiger partial charge on any atom is -0.494 e. The van der Waals surface area contributed by atoms with Crippen LogP contribution in [0.4, 0.5) is 4.39 Å². The monoisotopic (exact) mass is 700 g/mol. The van der Waals surface area contributed by atoms with Crippen LogP contribution in [0.1, 0.15) is 48.6 Å². The molecule has 2 aliphatic heterocycles. The highest BCUT2D eigenvalue weighted by molar-refractivity contribution is 5.90. The molecule has 2 aromatic heterocycles. The molecule has 4 heterocycles. The second kappa shape index (κ2) is 17.3. The topological polar surface area (TPSA) is 160 Å². The molecular weight excluding hydrogens is 655 g/mol. The number of nitrogens with zero attached hydrogens (tertiary/aromatic N) is 3. The first-order valence-corrected chi connectivity index (χ1v) is 16.7. The molecule has 0 fully saturated rings. The minimum absolute atomic E-state index is 0.00508. The van der Waals surface area contributed by atoms with Gasteiger partial charge in [-0.25, -0.2) is 14.2 Å². The SMILES string of the molecule is COCCCOCCOCCOCCN(Cc1c2c(nc3cc(F)c(OC)cc13)-c1cc3c(c(=O)n1C2)COC(=O)[C@H]3O)C(=O)CNC(C)C. The second-order valence-corrected chi connectivity index (χ2v) is 12.3. The zero-order chi connectivity index (χ0) is 35.8. The molecule has 0 saturated heterocycles. The quantitative estimate of drug-likeness (QED) is 0.109. The van der Waals surface area contributed by atoms with Crippen molar-refractivity contribution in [3.63, 3.8) is 0 Å². The zero-order valence-corrected chi connectivity index (χ0v) is 28.9. The molecule has 0 spiro atoms. The first-order chi connectivity index (χ1) is 24.1. The Balaban J connectivity index is 1.40. The molecule has 5 rings (SSSR count). The lowest BCUT2D eigenvalue weighted by Gasteiger charge is -2.26. The normalized spacial score (nSPS) is 14.9. The number of carbonyl (C=O) groups is 2. The maximum Gasteiger partial charge on any atom is 0.340 e. The van der Waals surface area contributed by atoms with Crippen LogP contribution in [-0.2, 0) is 53.0 Å². The van der Waals surface area contributed by atoms with Crippen molar-refractivity contribution in [3.8, 4) is 17.1 Å². The van der Waals surface area contributed by atoms with E-state index in [1.54, 1.807) is 24.1 Å². The molecule has 0 unspecified atom stereocenters. The lowest BCUT2D eigenvalue weighted by atomic mass is 9.98. The zero-order valence-electron chi connectivity index (χ0n) is 28.9. The number of fused-ring (bicyclic) bond motifs is 5. The first kappa shape index (κ1) is 37.3. The third kappa shape index (κ3) is 8.48. The largest absolute Gasteiger partial charge is 0.494 e. The van der Waals surface area contributed by atoms with Gasteiger partial charge in [-0.2, -0.15) is 0 Å². The number of methoxy groups -OCH3 is 2. The average Bonchev–Trinajstić information content (AvgIpc) is 3.46. The summed E-state index contributed by atoms with van der Waals surface area (Å²) in [4.78, 5) is 45.8. The van der Waals surface area contributed by atoms with E-state index in [1.165, 1.54) is 17.7 Å². The van der Waals surface area contributed by atoms with Crippen LogP contribution in [-0.4, -0.2) is 111 Å². The number of ether oxygens (including phenoxy) is 6. The van der Waals surface area contributed by atoms with Gasteiger partial charge in [-0.3, -0.25) is 9.59 Å². The highest BCUT2D eigenvalue weighted by Gasteiger charge is 2.35. The Labute approximate surface area is 289 Å². The lowest BCUT2D eigenvalue weighted by Crippen LogP contribution is -2.41. The summed E-state index contributed by atoms with van der Waals surface area (Å²) in [7, 11) is 3.01. The highest BCUT2D eigenvalue weighted by Crippen LogP contribution is 2.39. The van der Waals surface area contributed by atoms with Gasteiger partial charge in [0.2, 0.25) is 5.91 Å². The van der Waals surface area contributed by atoms with Crippen molar-refractivity contribution in [2.45, 2.75) is 52.1 Å². The lowest BCUT2D eigenvalue weighted by molar-refractivity contribution is -0.157. The third-order valence-corrected chi connectivity index (χ3v) is 8.60. The van der Waals surface area contributed by atoms with Crippen molar-refractivity contribution in [2.24, 2.45) is 0 Å². The Bertz CT molecular complexity index is 1750. The maximum absolute atomic E-state index is 15.0. The van der Waals surface area contributed by atoms with Gasteiger partial charge in [0.15, 0.2) is 17.7 Å². The molecule has 0 radical (unpaired) electrons. The molecule has 1 amide bonds. The van der Waals surface area contributed by atoms with E-state index in [4.69, 9.17) is 33.4 Å². The van der Waals surface area contributed by atoms with Crippen molar-refractivity contribution in [1.29, 1.82) is 0 Å². The summed E-state index contributed by atoms with van der Waals surface area (Å²) in [6.07, 6.45) is -0.798. The standard InChI is InChI=1S/C35H45FN4O10/c1-21(2)37-17-31(41)39(6-9-48-11-13-49-12-10-47-8-5-7-45-3)18-24-22-15-30(46-4)27(36)16-28(22)38-32-25(24)19-40-29(32)14-23-26(34(40)43)20-50-35(44)33(23)42/h14-16,21,33,37,42H,5-13,17-20H2,1-4H3/t33-/m0/s1. The molecule has 1 atom stereocenters. The van der Waals surface area contributed by atoms with Crippen molar-refractivity contribution in [3.05, 3.63) is 56.6 Å². The molecule has 2 aliphatic rings. The van der Waals surface area contributed by atoms with E-state index in [0.717, 1.165) is 6.42 Å². The van der Waals surface area contributed by atoms with Gasteiger partial charge in [-0.15, -0.1) is 0 Å². The summed E-state index contributed by atoms with van der Waals surface area (Å²) in [5.41, 5.74) is 2.28. The molecule has 0 aliphatic carbocycles. The number of pyridine rings is 2. The van der Waals surface area contributed by atoms with Crippen LogP contribution >= 0.6 is 0 Å². The Morgan fingerprint density at radius 2 is 1.78 bits per heavy atom. The fourth-order valence-corrected chi connectivity index (χ4v) is 5.96. The van der Waals surface area contributed by atoms with E-state index in [-0.39, 0.29) is 68.2 Å². The number of amides is 1. The summed E-state index contributed by atoms with van der Waals surface area (Å²) in [5, 5.41) is 14.3. The van der Waals surface area contributed by atoms with E-state index >= 15 is 4.39 Å². The van der Waals surface area contributed by atoms with Crippen LogP contribution in [0.5, 0.6) is 5.75 Å². The summed E-state index contributed by atoms with van der Waals surface area (Å²) in [6.45, 7) is 7.21. The Morgan fingerprint density at radius 1 is 1.06 bits per heavy atom. The fourth-order valence-electron chi connectivity index (χ4n) is 5.96. The minimum atomic E-state index is -1.62. The van der Waals surface area contributed by atoms with Gasteiger partial charge in [0.25, 0.3) is 5.56 Å². The number of aliphatic hydroxyl groups is 1. The van der Waals surface area contributed by atoms with Crippen LogP contribution in [0.3, 0.4) is 0 Å². The van der Waals surface area contributed by atoms with Gasteiger partial charge in [0.05, 0.1) is 75.7 Å². The van der Waals surface area contributed by atoms with Gasteiger partial charge < -0.3 is 48.3 Å². The number of benzene rings is 1. The molecule has 2 N–H and O–H groups in total. The molecule has 50 heavy (non-hydrogen) atoms. The van der Waals surface area contributed by atoms with E-state index in [2.05, 4.69) is 5.32 Å². The third-order valence-electron chi connectivity index (χ3n) is 8.60. The van der Waals surface area contributed by atoms with Crippen LogP contribution < -0.4 is 15.6 Å². The molecular formula is C35H45FN4O10. The number of hydrogen-bond donors (Lipinski definition) is 2. The van der Waals surface area contributed by atoms with Crippen molar-refractivity contribution in [1.82, 2.24) is 19.8 Å². The van der Waals surface area contributed by atoms with Gasteiger partial charge in [-0.1, -0.05) is 13.8 Å². The molecule has 0 saturated carbocycles. The van der Waals surface area contributed by atoms with Crippen molar-refractivity contribution < 1.29 is 47.5 Å². The number of cyclic esters (lactones) is 1. The Morgan fingerprint density at radius 3 is 2.48 bits per heavy atom. The number of aliphatic hydroxyl groups excluding tert-OH is 1. The number of rotatable bonds is 19. The van der Waals surface area contributed by atoms with Crippen molar-refractivity contribution in [2.75, 3.05) is 73.6 Å². The molecule has 15 heteroatoms. The summed E-state index contributed by atoms with van der Waals surface area (Å²) >= 11 is 0. The van der Waals surface area contributed by atoms with Crippen LogP contribution in [0.25, 0.3) is 22.3 Å². The van der Waals surface area contributed by atoms with Gasteiger partial charge >= 0.3 is 5.97 Å². The van der Waals surface area contributed by atoms with Crippen LogP contribution in [0.15, 0.2) is 23.0 Å². The first-order valence-electron chi connectivity index (χ1n) is 16.7. The van der Waals surface area contributed by atoms with E-state index < -0.39 is 23.4 Å². The summed E-state index contributed by atoms with van der Waals surface area (Å²) in [6, 6.07) is 4.43. The number of esters is 1.